The molecule has 1 aromatic heterocycles. The highest BCUT2D eigenvalue weighted by atomic mass is 16.3. The van der Waals surface area contributed by atoms with E-state index in [9.17, 15) is 9.59 Å². The minimum absolute atomic E-state index is 0.0322. The molecule has 1 aliphatic rings. The fourth-order valence-electron chi connectivity index (χ4n) is 2.43. The Morgan fingerprint density at radius 3 is 2.79 bits per heavy atom. The molecule has 2 rings (SSSR count). The number of Topliss-reactive ketones (excluding diaryl/α,β-unsaturated/α-hetero) is 1. The Kier molecular flexibility index (Phi) is 3.70. The van der Waals surface area contributed by atoms with Crippen molar-refractivity contribution in [1.29, 1.82) is 5.26 Å². The van der Waals surface area contributed by atoms with Crippen LogP contribution in [0.2, 0.25) is 0 Å². The van der Waals surface area contributed by atoms with Gasteiger partial charge in [0.05, 0.1) is 24.9 Å². The highest BCUT2D eigenvalue weighted by Crippen LogP contribution is 2.29. The summed E-state index contributed by atoms with van der Waals surface area (Å²) >= 11 is 0. The molecule has 100 valence electrons. The quantitative estimate of drug-likeness (QED) is 0.773. The van der Waals surface area contributed by atoms with E-state index in [1.807, 2.05) is 19.9 Å². The number of likely N-dealkylation sites (tertiary alicyclic amines) is 1. The number of hydrogen-bond acceptors (Lipinski definition) is 4. The van der Waals surface area contributed by atoms with Gasteiger partial charge in [-0.3, -0.25) is 9.59 Å². The molecule has 1 fully saturated rings. The van der Waals surface area contributed by atoms with E-state index in [1.54, 1.807) is 12.1 Å². The van der Waals surface area contributed by atoms with E-state index >= 15 is 0 Å². The van der Waals surface area contributed by atoms with Crippen LogP contribution in [-0.4, -0.2) is 22.6 Å². The third-order valence-electron chi connectivity index (χ3n) is 3.66. The third-order valence-corrected chi connectivity index (χ3v) is 3.66. The van der Waals surface area contributed by atoms with E-state index in [1.165, 1.54) is 11.2 Å². The first-order chi connectivity index (χ1) is 9.10. The van der Waals surface area contributed by atoms with Crippen molar-refractivity contribution < 1.29 is 14.0 Å². The predicted molar refractivity (Wildman–Crippen MR) is 66.6 cm³/mol. The van der Waals surface area contributed by atoms with Crippen LogP contribution < -0.4 is 0 Å². The fraction of sp³-hybridized carbons (Fsp3) is 0.500. The summed E-state index contributed by atoms with van der Waals surface area (Å²) in [5.74, 6) is -1.20. The van der Waals surface area contributed by atoms with Crippen LogP contribution in [-0.2, 0) is 16.1 Å². The molecule has 0 spiro atoms. The zero-order chi connectivity index (χ0) is 14.0. The molecule has 0 bridgehead atoms. The zero-order valence-corrected chi connectivity index (χ0v) is 11.0. The van der Waals surface area contributed by atoms with Gasteiger partial charge in [-0.25, -0.2) is 0 Å². The highest BCUT2D eigenvalue weighted by Gasteiger charge is 2.49. The van der Waals surface area contributed by atoms with E-state index in [2.05, 4.69) is 0 Å². The summed E-state index contributed by atoms with van der Waals surface area (Å²) < 4.78 is 5.22. The molecule has 1 aromatic rings. The Labute approximate surface area is 111 Å². The molecule has 5 heteroatoms. The molecule has 0 saturated carbocycles. The van der Waals surface area contributed by atoms with Crippen LogP contribution in [0.5, 0.6) is 0 Å². The smallest absolute Gasteiger partial charge is 0.248 e. The molecule has 0 aromatic carbocycles. The van der Waals surface area contributed by atoms with Crippen LogP contribution >= 0.6 is 0 Å². The minimum atomic E-state index is -1.16. The molecule has 3 atom stereocenters. The van der Waals surface area contributed by atoms with Gasteiger partial charge < -0.3 is 9.32 Å². The normalized spacial score (nSPS) is 24.6. The average molecular weight is 260 g/mol. The van der Waals surface area contributed by atoms with Gasteiger partial charge in [-0.1, -0.05) is 20.3 Å². The van der Waals surface area contributed by atoms with Gasteiger partial charge in [0.2, 0.25) is 5.91 Å². The SMILES string of the molecule is CCC(C)[C@H]1C(=O)C(C#N)C(=O)N1Cc1ccco1. The summed E-state index contributed by atoms with van der Waals surface area (Å²) in [5, 5.41) is 8.98. The van der Waals surface area contributed by atoms with Gasteiger partial charge in [0.1, 0.15) is 5.76 Å². The van der Waals surface area contributed by atoms with Crippen LogP contribution in [0.1, 0.15) is 26.0 Å². The predicted octanol–water partition coefficient (Wildman–Crippen LogP) is 1.75. The lowest BCUT2D eigenvalue weighted by Gasteiger charge is -2.26. The Bertz CT molecular complexity index is 515. The first kappa shape index (κ1) is 13.3. The van der Waals surface area contributed by atoms with Crippen molar-refractivity contribution in [1.82, 2.24) is 4.90 Å². The van der Waals surface area contributed by atoms with Crippen molar-refractivity contribution in [3.63, 3.8) is 0 Å². The molecule has 0 N–H and O–H groups in total. The maximum atomic E-state index is 12.2. The Hall–Kier alpha value is -2.09. The summed E-state index contributed by atoms with van der Waals surface area (Å²) in [5.41, 5.74) is 0. The maximum absolute atomic E-state index is 12.2. The van der Waals surface area contributed by atoms with Gasteiger partial charge in [-0.2, -0.15) is 5.26 Å². The molecule has 2 unspecified atom stereocenters. The van der Waals surface area contributed by atoms with Crippen LogP contribution in [0.3, 0.4) is 0 Å². The van der Waals surface area contributed by atoms with Crippen LogP contribution in [0, 0.1) is 23.2 Å². The van der Waals surface area contributed by atoms with E-state index < -0.39 is 17.9 Å². The van der Waals surface area contributed by atoms with E-state index in [4.69, 9.17) is 9.68 Å². The van der Waals surface area contributed by atoms with E-state index in [-0.39, 0.29) is 18.2 Å². The molecular formula is C14H16N2O3. The molecule has 0 radical (unpaired) electrons. The lowest BCUT2D eigenvalue weighted by molar-refractivity contribution is -0.132. The third kappa shape index (κ3) is 2.26. The van der Waals surface area contributed by atoms with Gasteiger partial charge in [-0.15, -0.1) is 0 Å². The Morgan fingerprint density at radius 2 is 2.26 bits per heavy atom. The molecular weight excluding hydrogens is 244 g/mol. The average Bonchev–Trinajstić information content (AvgIpc) is 2.98. The second kappa shape index (κ2) is 5.27. The molecule has 1 aliphatic heterocycles. The van der Waals surface area contributed by atoms with Crippen molar-refractivity contribution in [2.24, 2.45) is 11.8 Å². The highest BCUT2D eigenvalue weighted by molar-refractivity contribution is 6.12. The summed E-state index contributed by atoms with van der Waals surface area (Å²) in [6, 6.07) is 4.78. The van der Waals surface area contributed by atoms with Crippen molar-refractivity contribution in [3.8, 4) is 6.07 Å². The first-order valence-electron chi connectivity index (χ1n) is 6.36. The standard InChI is InChI=1S/C14H16N2O3/c1-3-9(2)12-13(17)11(7-15)14(18)16(12)8-10-5-4-6-19-10/h4-6,9,11-12H,3,8H2,1-2H3/t9?,11?,12-/m0/s1. The van der Waals surface area contributed by atoms with Gasteiger partial charge in [0.25, 0.3) is 0 Å². The first-order valence-corrected chi connectivity index (χ1v) is 6.36. The number of nitriles is 1. The Morgan fingerprint density at radius 1 is 1.53 bits per heavy atom. The number of rotatable bonds is 4. The van der Waals surface area contributed by atoms with E-state index in [0.717, 1.165) is 6.42 Å². The molecule has 1 amide bonds. The lowest BCUT2D eigenvalue weighted by atomic mass is 9.93. The van der Waals surface area contributed by atoms with Crippen molar-refractivity contribution >= 4 is 11.7 Å². The van der Waals surface area contributed by atoms with Gasteiger partial charge in [0, 0.05) is 0 Å². The van der Waals surface area contributed by atoms with Crippen molar-refractivity contribution in [2.45, 2.75) is 32.9 Å². The summed E-state index contributed by atoms with van der Waals surface area (Å²) in [6.45, 7) is 4.13. The number of nitrogens with zero attached hydrogens (tertiary/aromatic N) is 2. The number of ketones is 1. The Balaban J connectivity index is 2.29. The number of carbonyl (C=O) groups is 2. The number of carbonyl (C=O) groups excluding carboxylic acids is 2. The van der Waals surface area contributed by atoms with Crippen molar-refractivity contribution in [3.05, 3.63) is 24.2 Å². The van der Waals surface area contributed by atoms with Crippen LogP contribution in [0.25, 0.3) is 0 Å². The summed E-state index contributed by atoms with van der Waals surface area (Å²) in [6.07, 6.45) is 2.30. The lowest BCUT2D eigenvalue weighted by Crippen LogP contribution is -2.39. The second-order valence-electron chi connectivity index (χ2n) is 4.84. The molecule has 1 saturated heterocycles. The van der Waals surface area contributed by atoms with Gasteiger partial charge in [-0.05, 0) is 18.1 Å². The summed E-state index contributed by atoms with van der Waals surface area (Å²) in [4.78, 5) is 25.8. The molecule has 19 heavy (non-hydrogen) atoms. The topological polar surface area (TPSA) is 74.3 Å². The zero-order valence-electron chi connectivity index (χ0n) is 11.0. The summed E-state index contributed by atoms with van der Waals surface area (Å²) in [7, 11) is 0. The van der Waals surface area contributed by atoms with Gasteiger partial charge >= 0.3 is 0 Å². The number of furan rings is 1. The van der Waals surface area contributed by atoms with Crippen LogP contribution in [0.15, 0.2) is 22.8 Å². The monoisotopic (exact) mass is 260 g/mol. The van der Waals surface area contributed by atoms with Crippen LogP contribution in [0.4, 0.5) is 0 Å². The fourth-order valence-corrected chi connectivity index (χ4v) is 2.43. The number of hydrogen-bond donors (Lipinski definition) is 0. The minimum Gasteiger partial charge on any atom is -0.467 e. The largest absolute Gasteiger partial charge is 0.467 e. The maximum Gasteiger partial charge on any atom is 0.248 e. The van der Waals surface area contributed by atoms with Crippen molar-refractivity contribution in [2.75, 3.05) is 0 Å². The van der Waals surface area contributed by atoms with E-state index in [0.29, 0.717) is 5.76 Å². The number of amides is 1. The molecule has 5 nitrogen and oxygen atoms in total. The molecule has 0 aliphatic carbocycles. The molecule has 2 heterocycles. The second-order valence-corrected chi connectivity index (χ2v) is 4.84. The van der Waals surface area contributed by atoms with Gasteiger partial charge in [0.15, 0.2) is 11.7 Å².